The standard InChI is InChI=1S/C19H15FN4O5S/c20-13-1-3-16(4-2-13)23-30(28,29)18-11-7-15(8-12-18)22-19(25)21-14-5-9-17(10-6-14)24(26)27/h1-12,23H,(H2,21,22,25). The van der Waals surface area contributed by atoms with E-state index in [1.165, 1.54) is 60.7 Å². The summed E-state index contributed by atoms with van der Waals surface area (Å²) >= 11 is 0. The Morgan fingerprint density at radius 1 is 0.800 bits per heavy atom. The van der Waals surface area contributed by atoms with E-state index in [0.29, 0.717) is 11.4 Å². The van der Waals surface area contributed by atoms with Gasteiger partial charge in [0.1, 0.15) is 5.82 Å². The van der Waals surface area contributed by atoms with E-state index in [0.717, 1.165) is 12.1 Å². The van der Waals surface area contributed by atoms with Crippen molar-refractivity contribution in [2.24, 2.45) is 0 Å². The molecule has 2 amide bonds. The number of hydrogen-bond donors (Lipinski definition) is 3. The summed E-state index contributed by atoms with van der Waals surface area (Å²) in [5, 5.41) is 15.7. The van der Waals surface area contributed by atoms with E-state index in [4.69, 9.17) is 0 Å². The topological polar surface area (TPSA) is 130 Å². The van der Waals surface area contributed by atoms with Crippen LogP contribution in [0.1, 0.15) is 0 Å². The van der Waals surface area contributed by atoms with Gasteiger partial charge in [-0.1, -0.05) is 0 Å². The summed E-state index contributed by atoms with van der Waals surface area (Å²) in [5.74, 6) is -0.486. The third kappa shape index (κ3) is 5.29. The number of amides is 2. The van der Waals surface area contributed by atoms with Crippen LogP contribution in [0.5, 0.6) is 0 Å². The number of hydrogen-bond acceptors (Lipinski definition) is 5. The minimum absolute atomic E-state index is 0.0480. The number of nitrogens with one attached hydrogen (secondary N) is 3. The monoisotopic (exact) mass is 430 g/mol. The van der Waals surface area contributed by atoms with Gasteiger partial charge in [-0.3, -0.25) is 14.8 Å². The normalized spacial score (nSPS) is 10.8. The molecular weight excluding hydrogens is 415 g/mol. The Kier molecular flexibility index (Phi) is 5.93. The number of carbonyl (C=O) groups is 1. The van der Waals surface area contributed by atoms with E-state index in [9.17, 15) is 27.7 Å². The molecule has 3 aromatic carbocycles. The molecule has 0 fully saturated rings. The van der Waals surface area contributed by atoms with Crippen LogP contribution >= 0.6 is 0 Å². The number of benzene rings is 3. The highest BCUT2D eigenvalue weighted by atomic mass is 32.2. The van der Waals surface area contributed by atoms with Gasteiger partial charge in [0.25, 0.3) is 15.7 Å². The molecule has 0 spiro atoms. The van der Waals surface area contributed by atoms with E-state index in [-0.39, 0.29) is 16.3 Å². The van der Waals surface area contributed by atoms with Gasteiger partial charge in [0.2, 0.25) is 0 Å². The molecule has 11 heteroatoms. The van der Waals surface area contributed by atoms with Gasteiger partial charge in [-0.15, -0.1) is 0 Å². The van der Waals surface area contributed by atoms with Crippen LogP contribution < -0.4 is 15.4 Å². The Bertz CT molecular complexity index is 1170. The second kappa shape index (κ2) is 8.57. The summed E-state index contributed by atoms with van der Waals surface area (Å²) in [6.45, 7) is 0. The lowest BCUT2D eigenvalue weighted by Gasteiger charge is -2.10. The minimum Gasteiger partial charge on any atom is -0.308 e. The molecule has 3 aromatic rings. The third-order valence-corrected chi connectivity index (χ3v) is 5.25. The largest absolute Gasteiger partial charge is 0.323 e. The molecule has 0 atom stereocenters. The Labute approximate surface area is 170 Å². The highest BCUT2D eigenvalue weighted by Gasteiger charge is 2.14. The zero-order valence-electron chi connectivity index (χ0n) is 15.2. The lowest BCUT2D eigenvalue weighted by Crippen LogP contribution is -2.19. The van der Waals surface area contributed by atoms with E-state index in [2.05, 4.69) is 15.4 Å². The Morgan fingerprint density at radius 2 is 1.27 bits per heavy atom. The number of halogens is 1. The third-order valence-electron chi connectivity index (χ3n) is 3.85. The van der Waals surface area contributed by atoms with Crippen LogP contribution in [-0.2, 0) is 10.0 Å². The molecule has 3 rings (SSSR count). The van der Waals surface area contributed by atoms with Gasteiger partial charge < -0.3 is 10.6 Å². The molecular formula is C19H15FN4O5S. The zero-order valence-corrected chi connectivity index (χ0v) is 16.0. The number of anilines is 3. The van der Waals surface area contributed by atoms with Gasteiger partial charge in [0, 0.05) is 29.2 Å². The second-order valence-electron chi connectivity index (χ2n) is 6.02. The van der Waals surface area contributed by atoms with Crippen LogP contribution in [-0.4, -0.2) is 19.4 Å². The lowest BCUT2D eigenvalue weighted by molar-refractivity contribution is -0.384. The zero-order chi connectivity index (χ0) is 21.7. The number of nitro groups is 1. The van der Waals surface area contributed by atoms with Crippen LogP contribution in [0.4, 0.5) is 31.9 Å². The summed E-state index contributed by atoms with van der Waals surface area (Å²) in [6, 6.07) is 14.9. The van der Waals surface area contributed by atoms with E-state index in [1.807, 2.05) is 0 Å². The molecule has 30 heavy (non-hydrogen) atoms. The van der Waals surface area contributed by atoms with Crippen LogP contribution in [0.25, 0.3) is 0 Å². The number of nitro benzene ring substituents is 1. The smallest absolute Gasteiger partial charge is 0.308 e. The fourth-order valence-electron chi connectivity index (χ4n) is 2.41. The van der Waals surface area contributed by atoms with E-state index >= 15 is 0 Å². The first kappa shape index (κ1) is 20.7. The molecule has 0 aliphatic carbocycles. The van der Waals surface area contributed by atoms with E-state index < -0.39 is 26.8 Å². The fraction of sp³-hybridized carbons (Fsp3) is 0. The Balaban J connectivity index is 1.62. The summed E-state index contributed by atoms with van der Waals surface area (Å²) in [4.78, 5) is 22.1. The van der Waals surface area contributed by atoms with Gasteiger partial charge in [-0.2, -0.15) is 0 Å². The van der Waals surface area contributed by atoms with Crippen molar-refractivity contribution < 1.29 is 22.5 Å². The molecule has 0 saturated carbocycles. The van der Waals surface area contributed by atoms with Crippen LogP contribution in [0.3, 0.4) is 0 Å². The minimum atomic E-state index is -3.89. The second-order valence-corrected chi connectivity index (χ2v) is 7.70. The summed E-state index contributed by atoms with van der Waals surface area (Å²) < 4.78 is 40.0. The Morgan fingerprint density at radius 3 is 1.77 bits per heavy atom. The molecule has 0 unspecified atom stereocenters. The van der Waals surface area contributed by atoms with Crippen molar-refractivity contribution in [2.45, 2.75) is 4.90 Å². The number of sulfonamides is 1. The quantitative estimate of drug-likeness (QED) is 0.399. The van der Waals surface area contributed by atoms with Gasteiger partial charge in [-0.05, 0) is 60.7 Å². The van der Waals surface area contributed by atoms with E-state index in [1.54, 1.807) is 0 Å². The number of nitrogens with zero attached hydrogens (tertiary/aromatic N) is 1. The summed E-state index contributed by atoms with van der Waals surface area (Å²) in [6.07, 6.45) is 0. The first-order valence-electron chi connectivity index (χ1n) is 8.44. The number of carbonyl (C=O) groups excluding carboxylic acids is 1. The van der Waals surface area contributed by atoms with Crippen molar-refractivity contribution in [3.8, 4) is 0 Å². The summed E-state index contributed by atoms with van der Waals surface area (Å²) in [5.41, 5.74) is 0.781. The molecule has 3 N–H and O–H groups in total. The SMILES string of the molecule is O=C(Nc1ccc([N+](=O)[O-])cc1)Nc1ccc(S(=O)(=O)Nc2ccc(F)cc2)cc1. The van der Waals surface area contributed by atoms with Crippen molar-refractivity contribution >= 4 is 38.8 Å². The molecule has 0 aliphatic heterocycles. The average molecular weight is 430 g/mol. The van der Waals surface area contributed by atoms with Gasteiger partial charge in [0.05, 0.1) is 9.82 Å². The van der Waals surface area contributed by atoms with Crippen molar-refractivity contribution in [3.05, 3.63) is 88.7 Å². The van der Waals surface area contributed by atoms with Gasteiger partial charge >= 0.3 is 6.03 Å². The maximum absolute atomic E-state index is 12.9. The average Bonchev–Trinajstić information content (AvgIpc) is 2.70. The van der Waals surface area contributed by atoms with Crippen molar-refractivity contribution in [2.75, 3.05) is 15.4 Å². The first-order chi connectivity index (χ1) is 14.2. The van der Waals surface area contributed by atoms with Crippen LogP contribution in [0, 0.1) is 15.9 Å². The first-order valence-corrected chi connectivity index (χ1v) is 9.92. The van der Waals surface area contributed by atoms with Gasteiger partial charge in [-0.25, -0.2) is 17.6 Å². The highest BCUT2D eigenvalue weighted by Crippen LogP contribution is 2.19. The number of rotatable bonds is 6. The van der Waals surface area contributed by atoms with Gasteiger partial charge in [0.15, 0.2) is 0 Å². The lowest BCUT2D eigenvalue weighted by atomic mass is 10.3. The molecule has 154 valence electrons. The maximum Gasteiger partial charge on any atom is 0.323 e. The van der Waals surface area contributed by atoms with Crippen LogP contribution in [0.2, 0.25) is 0 Å². The Hall–Kier alpha value is -3.99. The number of urea groups is 1. The molecule has 0 aromatic heterocycles. The molecule has 0 bridgehead atoms. The fourth-order valence-corrected chi connectivity index (χ4v) is 3.47. The molecule has 0 aliphatic rings. The predicted octanol–water partition coefficient (Wildman–Crippen LogP) is 4.18. The molecule has 9 nitrogen and oxygen atoms in total. The molecule has 0 radical (unpaired) electrons. The maximum atomic E-state index is 12.9. The molecule has 0 saturated heterocycles. The molecule has 0 heterocycles. The van der Waals surface area contributed by atoms with Crippen molar-refractivity contribution in [3.63, 3.8) is 0 Å². The summed E-state index contributed by atoms with van der Waals surface area (Å²) in [7, 11) is -3.89. The highest BCUT2D eigenvalue weighted by molar-refractivity contribution is 7.92. The predicted molar refractivity (Wildman–Crippen MR) is 109 cm³/mol. The van der Waals surface area contributed by atoms with Crippen LogP contribution in [0.15, 0.2) is 77.7 Å². The van der Waals surface area contributed by atoms with Crippen molar-refractivity contribution in [1.29, 1.82) is 0 Å². The number of non-ortho nitro benzene ring substituents is 1. The van der Waals surface area contributed by atoms with Crippen molar-refractivity contribution in [1.82, 2.24) is 0 Å².